The van der Waals surface area contributed by atoms with Crippen molar-refractivity contribution < 1.29 is 14.3 Å². The van der Waals surface area contributed by atoms with Gasteiger partial charge in [0.15, 0.2) is 6.61 Å². The number of benzene rings is 1. The average Bonchev–Trinajstić information content (AvgIpc) is 2.53. The molecule has 1 aromatic heterocycles. The molecule has 1 N–H and O–H groups in total. The van der Waals surface area contributed by atoms with Gasteiger partial charge in [0.2, 0.25) is 0 Å². The lowest BCUT2D eigenvalue weighted by Gasteiger charge is -2.14. The first-order chi connectivity index (χ1) is 11.0. The number of nitrogens with zero attached hydrogens (tertiary/aromatic N) is 1. The molecule has 5 nitrogen and oxygen atoms in total. The molecule has 7 heteroatoms. The molecular formula is C16H14BrClN2O3. The number of halogens is 2. The van der Waals surface area contributed by atoms with Gasteiger partial charge in [-0.2, -0.15) is 0 Å². The van der Waals surface area contributed by atoms with Crippen LogP contribution in [-0.2, 0) is 9.53 Å². The van der Waals surface area contributed by atoms with Gasteiger partial charge in [-0.1, -0.05) is 39.7 Å². The Morgan fingerprint density at radius 1 is 1.30 bits per heavy atom. The van der Waals surface area contributed by atoms with Crippen LogP contribution in [0, 0.1) is 0 Å². The number of esters is 1. The van der Waals surface area contributed by atoms with E-state index in [-0.39, 0.29) is 23.4 Å². The number of hydrogen-bond acceptors (Lipinski definition) is 4. The smallest absolute Gasteiger partial charge is 0.341 e. The second-order valence-corrected chi connectivity index (χ2v) is 6.03. The van der Waals surface area contributed by atoms with Crippen LogP contribution in [0.2, 0.25) is 5.15 Å². The molecule has 0 fully saturated rings. The Balaban J connectivity index is 1.86. The fraction of sp³-hybridized carbons (Fsp3) is 0.188. The summed E-state index contributed by atoms with van der Waals surface area (Å²) in [5.74, 6) is -1.08. The standard InChI is InChI=1S/C16H14BrClN2O3/c1-10(11-4-6-12(17)7-5-11)20-14(21)9-23-16(22)13-3-2-8-19-15(13)18/h2-8,10H,9H2,1H3,(H,20,21)/t10-/m0/s1. The van der Waals surface area contributed by atoms with E-state index in [0.29, 0.717) is 0 Å². The molecule has 0 aliphatic rings. The van der Waals surface area contributed by atoms with Gasteiger partial charge in [-0.25, -0.2) is 9.78 Å². The van der Waals surface area contributed by atoms with E-state index in [2.05, 4.69) is 26.2 Å². The summed E-state index contributed by atoms with van der Waals surface area (Å²) in [5, 5.41) is 2.80. The van der Waals surface area contributed by atoms with E-state index in [9.17, 15) is 9.59 Å². The van der Waals surface area contributed by atoms with Gasteiger partial charge < -0.3 is 10.1 Å². The highest BCUT2D eigenvalue weighted by molar-refractivity contribution is 9.10. The van der Waals surface area contributed by atoms with Crippen molar-refractivity contribution in [3.05, 3.63) is 63.3 Å². The predicted molar refractivity (Wildman–Crippen MR) is 90.2 cm³/mol. The Hall–Kier alpha value is -1.92. The van der Waals surface area contributed by atoms with E-state index in [1.165, 1.54) is 12.3 Å². The van der Waals surface area contributed by atoms with Crippen molar-refractivity contribution in [3.8, 4) is 0 Å². The zero-order valence-electron chi connectivity index (χ0n) is 12.3. The first-order valence-electron chi connectivity index (χ1n) is 6.80. The number of hydrogen-bond donors (Lipinski definition) is 1. The Morgan fingerprint density at radius 3 is 2.65 bits per heavy atom. The van der Waals surface area contributed by atoms with Crippen LogP contribution >= 0.6 is 27.5 Å². The highest BCUT2D eigenvalue weighted by Crippen LogP contribution is 2.16. The quantitative estimate of drug-likeness (QED) is 0.619. The summed E-state index contributed by atoms with van der Waals surface area (Å²) in [6.45, 7) is 1.46. The summed E-state index contributed by atoms with van der Waals surface area (Å²) in [6.07, 6.45) is 1.46. The molecule has 1 aromatic carbocycles. The molecule has 1 heterocycles. The Morgan fingerprint density at radius 2 is 2.00 bits per heavy atom. The van der Waals surface area contributed by atoms with Crippen LogP contribution in [0.1, 0.15) is 28.9 Å². The third-order valence-electron chi connectivity index (χ3n) is 3.06. The molecule has 2 aromatic rings. The van der Waals surface area contributed by atoms with Crippen LogP contribution in [-0.4, -0.2) is 23.5 Å². The van der Waals surface area contributed by atoms with Gasteiger partial charge in [0, 0.05) is 10.7 Å². The summed E-state index contributed by atoms with van der Waals surface area (Å²) in [4.78, 5) is 27.5. The van der Waals surface area contributed by atoms with Crippen LogP contribution < -0.4 is 5.32 Å². The molecule has 23 heavy (non-hydrogen) atoms. The van der Waals surface area contributed by atoms with Crippen molar-refractivity contribution in [1.29, 1.82) is 0 Å². The van der Waals surface area contributed by atoms with Crippen molar-refractivity contribution in [2.75, 3.05) is 6.61 Å². The zero-order chi connectivity index (χ0) is 16.8. The lowest BCUT2D eigenvalue weighted by molar-refractivity contribution is -0.124. The van der Waals surface area contributed by atoms with Gasteiger partial charge in [-0.05, 0) is 36.8 Å². The maximum Gasteiger partial charge on any atom is 0.341 e. The molecular weight excluding hydrogens is 384 g/mol. The molecule has 0 unspecified atom stereocenters. The lowest BCUT2D eigenvalue weighted by Crippen LogP contribution is -2.31. The average molecular weight is 398 g/mol. The zero-order valence-corrected chi connectivity index (χ0v) is 14.6. The van der Waals surface area contributed by atoms with Crippen LogP contribution in [0.25, 0.3) is 0 Å². The predicted octanol–water partition coefficient (Wildman–Crippen LogP) is 3.53. The van der Waals surface area contributed by atoms with E-state index >= 15 is 0 Å². The largest absolute Gasteiger partial charge is 0.452 e. The minimum Gasteiger partial charge on any atom is -0.452 e. The molecule has 0 spiro atoms. The van der Waals surface area contributed by atoms with Gasteiger partial charge in [0.1, 0.15) is 5.15 Å². The van der Waals surface area contributed by atoms with Crippen LogP contribution in [0.3, 0.4) is 0 Å². The van der Waals surface area contributed by atoms with E-state index in [1.54, 1.807) is 6.07 Å². The third kappa shape index (κ3) is 5.04. The Labute approximate surface area is 147 Å². The molecule has 1 amide bonds. The first kappa shape index (κ1) is 17.4. The topological polar surface area (TPSA) is 68.3 Å². The number of rotatable bonds is 5. The molecule has 0 radical (unpaired) electrons. The summed E-state index contributed by atoms with van der Waals surface area (Å²) < 4.78 is 5.90. The molecule has 0 aliphatic carbocycles. The molecule has 2 rings (SSSR count). The number of carbonyl (C=O) groups is 2. The summed E-state index contributed by atoms with van der Waals surface area (Å²) in [7, 11) is 0. The second-order valence-electron chi connectivity index (χ2n) is 4.76. The minimum atomic E-state index is -0.686. The van der Waals surface area contributed by atoms with Crippen LogP contribution in [0.5, 0.6) is 0 Å². The number of aromatic nitrogens is 1. The summed E-state index contributed by atoms with van der Waals surface area (Å²) in [6, 6.07) is 10.4. The normalized spacial score (nSPS) is 11.6. The molecule has 1 atom stereocenters. The van der Waals surface area contributed by atoms with Crippen molar-refractivity contribution in [1.82, 2.24) is 10.3 Å². The van der Waals surface area contributed by atoms with E-state index in [4.69, 9.17) is 16.3 Å². The fourth-order valence-electron chi connectivity index (χ4n) is 1.87. The van der Waals surface area contributed by atoms with Gasteiger partial charge in [-0.15, -0.1) is 0 Å². The summed E-state index contributed by atoms with van der Waals surface area (Å²) >= 11 is 9.15. The number of nitrogens with one attached hydrogen (secondary N) is 1. The van der Waals surface area contributed by atoms with Gasteiger partial charge in [0.25, 0.3) is 5.91 Å². The van der Waals surface area contributed by atoms with Crippen LogP contribution in [0.4, 0.5) is 0 Å². The van der Waals surface area contributed by atoms with E-state index in [0.717, 1.165) is 10.0 Å². The third-order valence-corrected chi connectivity index (χ3v) is 3.89. The maximum atomic E-state index is 11.9. The monoisotopic (exact) mass is 396 g/mol. The van der Waals surface area contributed by atoms with Gasteiger partial charge >= 0.3 is 5.97 Å². The summed E-state index contributed by atoms with van der Waals surface area (Å²) in [5.41, 5.74) is 1.08. The molecule has 0 aliphatic heterocycles. The number of carbonyl (C=O) groups excluding carboxylic acids is 2. The Kier molecular flexibility index (Phi) is 6.12. The first-order valence-corrected chi connectivity index (χ1v) is 7.97. The molecule has 0 bridgehead atoms. The van der Waals surface area contributed by atoms with Crippen molar-refractivity contribution >= 4 is 39.4 Å². The molecule has 120 valence electrons. The van der Waals surface area contributed by atoms with Crippen molar-refractivity contribution in [2.45, 2.75) is 13.0 Å². The van der Waals surface area contributed by atoms with Crippen molar-refractivity contribution in [2.24, 2.45) is 0 Å². The van der Waals surface area contributed by atoms with Gasteiger partial charge in [0.05, 0.1) is 11.6 Å². The lowest BCUT2D eigenvalue weighted by atomic mass is 10.1. The van der Waals surface area contributed by atoms with Gasteiger partial charge in [-0.3, -0.25) is 4.79 Å². The molecule has 0 saturated carbocycles. The fourth-order valence-corrected chi connectivity index (χ4v) is 2.33. The van der Waals surface area contributed by atoms with E-state index < -0.39 is 11.9 Å². The SMILES string of the molecule is C[C@H](NC(=O)COC(=O)c1cccnc1Cl)c1ccc(Br)cc1. The van der Waals surface area contributed by atoms with E-state index in [1.807, 2.05) is 31.2 Å². The number of ether oxygens (including phenoxy) is 1. The maximum absolute atomic E-state index is 11.9. The Bertz CT molecular complexity index is 707. The minimum absolute atomic E-state index is 0.0427. The van der Waals surface area contributed by atoms with Crippen molar-refractivity contribution in [3.63, 3.8) is 0 Å². The number of amides is 1. The second kappa shape index (κ2) is 8.08. The highest BCUT2D eigenvalue weighted by Gasteiger charge is 2.15. The van der Waals surface area contributed by atoms with Crippen LogP contribution in [0.15, 0.2) is 47.1 Å². The highest BCUT2D eigenvalue weighted by atomic mass is 79.9. The molecule has 0 saturated heterocycles. The number of pyridine rings is 1.